The largest absolute Gasteiger partial charge is 0.357 e. The van der Waals surface area contributed by atoms with E-state index in [9.17, 15) is 9.59 Å². The van der Waals surface area contributed by atoms with Crippen LogP contribution >= 0.6 is 0 Å². The van der Waals surface area contributed by atoms with E-state index in [-0.39, 0.29) is 11.4 Å². The van der Waals surface area contributed by atoms with Crippen LogP contribution in [0.25, 0.3) is 0 Å². The Hall–Kier alpha value is -4.01. The van der Waals surface area contributed by atoms with Gasteiger partial charge in [0.25, 0.3) is 11.8 Å². The molecule has 0 atom stereocenters. The molecule has 2 saturated heterocycles. The van der Waals surface area contributed by atoms with Crippen molar-refractivity contribution in [3.63, 3.8) is 0 Å². The molecule has 0 bridgehead atoms. The Morgan fingerprint density at radius 1 is 0.647 bits per heavy atom. The number of hydrogen-bond donors (Lipinski definition) is 2. The van der Waals surface area contributed by atoms with E-state index < -0.39 is 11.8 Å². The van der Waals surface area contributed by atoms with Crippen molar-refractivity contribution in [2.75, 3.05) is 46.6 Å². The minimum Gasteiger partial charge on any atom is -0.357 e. The minimum atomic E-state index is -0.401. The lowest BCUT2D eigenvalue weighted by atomic mass is 10.2. The fourth-order valence-corrected chi connectivity index (χ4v) is 4.26. The van der Waals surface area contributed by atoms with E-state index in [1.807, 2.05) is 24.3 Å². The Balaban J connectivity index is 1.21. The summed E-state index contributed by atoms with van der Waals surface area (Å²) in [4.78, 5) is 43.0. The molecule has 0 aromatic carbocycles. The lowest BCUT2D eigenvalue weighted by molar-refractivity contribution is 0.101. The predicted molar refractivity (Wildman–Crippen MR) is 132 cm³/mol. The average molecular weight is 458 g/mol. The van der Waals surface area contributed by atoms with Crippen molar-refractivity contribution >= 4 is 34.8 Å². The summed E-state index contributed by atoms with van der Waals surface area (Å²) in [5, 5.41) is 5.59. The number of nitrogens with one attached hydrogen (secondary N) is 2. The zero-order chi connectivity index (χ0) is 23.3. The lowest BCUT2D eigenvalue weighted by Crippen LogP contribution is -2.20. The Morgan fingerprint density at radius 3 is 1.47 bits per heavy atom. The van der Waals surface area contributed by atoms with E-state index in [1.54, 1.807) is 30.6 Å². The van der Waals surface area contributed by atoms with Gasteiger partial charge in [-0.05, 0) is 62.1 Å². The van der Waals surface area contributed by atoms with Gasteiger partial charge in [-0.25, -0.2) is 15.0 Å². The number of carbonyl (C=O) groups excluding carboxylic acids is 2. The molecule has 2 aliphatic heterocycles. The zero-order valence-corrected chi connectivity index (χ0v) is 18.9. The van der Waals surface area contributed by atoms with Crippen molar-refractivity contribution in [3.8, 4) is 0 Å². The number of aromatic nitrogens is 3. The summed E-state index contributed by atoms with van der Waals surface area (Å²) >= 11 is 0. The number of hydrogen-bond acceptors (Lipinski definition) is 7. The molecule has 174 valence electrons. The smallest absolute Gasteiger partial charge is 0.274 e. The summed E-state index contributed by atoms with van der Waals surface area (Å²) < 4.78 is 0. The molecule has 5 heterocycles. The van der Waals surface area contributed by atoms with Crippen molar-refractivity contribution in [2.24, 2.45) is 0 Å². The zero-order valence-electron chi connectivity index (χ0n) is 18.9. The van der Waals surface area contributed by atoms with Crippen LogP contribution in [0, 0.1) is 0 Å². The van der Waals surface area contributed by atoms with Crippen LogP contribution in [0.1, 0.15) is 46.7 Å². The highest BCUT2D eigenvalue weighted by atomic mass is 16.2. The van der Waals surface area contributed by atoms with Gasteiger partial charge in [0.1, 0.15) is 23.0 Å². The molecule has 2 aliphatic rings. The van der Waals surface area contributed by atoms with Crippen LogP contribution in [0.15, 0.2) is 54.9 Å². The third kappa shape index (κ3) is 4.98. The molecule has 3 aromatic rings. The van der Waals surface area contributed by atoms with E-state index in [1.165, 1.54) is 25.7 Å². The molecule has 0 saturated carbocycles. The van der Waals surface area contributed by atoms with Crippen LogP contribution < -0.4 is 20.4 Å². The van der Waals surface area contributed by atoms with Crippen LogP contribution in [-0.2, 0) is 0 Å². The Bertz CT molecular complexity index is 1060. The molecule has 9 nitrogen and oxygen atoms in total. The van der Waals surface area contributed by atoms with Crippen molar-refractivity contribution < 1.29 is 9.59 Å². The second-order valence-electron chi connectivity index (χ2n) is 8.51. The van der Waals surface area contributed by atoms with Gasteiger partial charge in [0.2, 0.25) is 0 Å². The van der Waals surface area contributed by atoms with Gasteiger partial charge in [-0.15, -0.1) is 0 Å². The summed E-state index contributed by atoms with van der Waals surface area (Å²) in [5.41, 5.74) is 1.46. The molecule has 2 fully saturated rings. The van der Waals surface area contributed by atoms with Crippen LogP contribution in [-0.4, -0.2) is 52.9 Å². The summed E-state index contributed by atoms with van der Waals surface area (Å²) in [6.45, 7) is 4.04. The molecule has 34 heavy (non-hydrogen) atoms. The van der Waals surface area contributed by atoms with Gasteiger partial charge in [0, 0.05) is 26.2 Å². The highest BCUT2D eigenvalue weighted by Crippen LogP contribution is 2.20. The summed E-state index contributed by atoms with van der Waals surface area (Å²) in [7, 11) is 0. The molecule has 2 amide bonds. The first-order valence-corrected chi connectivity index (χ1v) is 11.7. The highest BCUT2D eigenvalue weighted by Gasteiger charge is 2.16. The number of rotatable bonds is 6. The number of pyridine rings is 3. The van der Waals surface area contributed by atoms with Crippen molar-refractivity contribution in [1.29, 1.82) is 0 Å². The van der Waals surface area contributed by atoms with E-state index in [4.69, 9.17) is 0 Å². The quantitative estimate of drug-likeness (QED) is 0.583. The second kappa shape index (κ2) is 9.86. The third-order valence-electron chi connectivity index (χ3n) is 6.09. The Morgan fingerprint density at radius 2 is 1.09 bits per heavy atom. The van der Waals surface area contributed by atoms with Gasteiger partial charge in [0.05, 0.1) is 23.8 Å². The predicted octanol–water partition coefficient (Wildman–Crippen LogP) is 3.58. The van der Waals surface area contributed by atoms with Gasteiger partial charge < -0.3 is 20.4 Å². The lowest BCUT2D eigenvalue weighted by Gasteiger charge is -2.16. The molecule has 0 unspecified atom stereocenters. The third-order valence-corrected chi connectivity index (χ3v) is 6.09. The summed E-state index contributed by atoms with van der Waals surface area (Å²) in [6.07, 6.45) is 7.99. The molecule has 5 rings (SSSR count). The maximum absolute atomic E-state index is 12.7. The molecule has 2 N–H and O–H groups in total. The molecule has 9 heteroatoms. The van der Waals surface area contributed by atoms with Crippen LogP contribution in [0.4, 0.5) is 23.0 Å². The maximum atomic E-state index is 12.7. The molecule has 0 spiro atoms. The van der Waals surface area contributed by atoms with Crippen molar-refractivity contribution in [3.05, 3.63) is 66.2 Å². The van der Waals surface area contributed by atoms with Gasteiger partial charge in [-0.2, -0.15) is 0 Å². The van der Waals surface area contributed by atoms with E-state index >= 15 is 0 Å². The molecule has 0 aliphatic carbocycles. The highest BCUT2D eigenvalue weighted by molar-refractivity contribution is 6.06. The monoisotopic (exact) mass is 457 g/mol. The molecule has 0 radical (unpaired) electrons. The van der Waals surface area contributed by atoms with Gasteiger partial charge in [-0.1, -0.05) is 6.07 Å². The first-order chi connectivity index (χ1) is 16.7. The molecule has 3 aromatic heterocycles. The normalized spacial score (nSPS) is 15.4. The topological polar surface area (TPSA) is 103 Å². The van der Waals surface area contributed by atoms with Crippen LogP contribution in [0.5, 0.6) is 0 Å². The first-order valence-electron chi connectivity index (χ1n) is 11.7. The van der Waals surface area contributed by atoms with Crippen LogP contribution in [0.2, 0.25) is 0 Å². The van der Waals surface area contributed by atoms with Crippen molar-refractivity contribution in [1.82, 2.24) is 15.0 Å². The molecular formula is C25H27N7O2. The molecular weight excluding hydrogens is 430 g/mol. The Labute approximate surface area is 198 Å². The number of amides is 2. The van der Waals surface area contributed by atoms with Gasteiger partial charge >= 0.3 is 0 Å². The minimum absolute atomic E-state index is 0.152. The SMILES string of the molecule is O=C(Nc1ccc(N2CCCC2)nc1)c1cccc(C(=O)Nc2ccc(N3CCCC3)nc2)n1. The fourth-order valence-electron chi connectivity index (χ4n) is 4.26. The average Bonchev–Trinajstić information content (AvgIpc) is 3.60. The Kier molecular flexibility index (Phi) is 6.33. The number of nitrogens with zero attached hydrogens (tertiary/aromatic N) is 5. The van der Waals surface area contributed by atoms with E-state index in [0.29, 0.717) is 11.4 Å². The number of anilines is 4. The van der Waals surface area contributed by atoms with Crippen molar-refractivity contribution in [2.45, 2.75) is 25.7 Å². The summed E-state index contributed by atoms with van der Waals surface area (Å²) in [5.74, 6) is 1.02. The maximum Gasteiger partial charge on any atom is 0.274 e. The standard InChI is InChI=1S/C25H27N7O2/c33-24(28-18-8-10-22(26-16-18)31-12-1-2-13-31)20-6-5-7-21(30-20)25(34)29-19-9-11-23(27-17-19)32-14-3-4-15-32/h5-11,16-17H,1-4,12-15H2,(H,28,33)(H,29,34). The van der Waals surface area contributed by atoms with Crippen LogP contribution in [0.3, 0.4) is 0 Å². The van der Waals surface area contributed by atoms with E-state index in [0.717, 1.165) is 37.8 Å². The first kappa shape index (κ1) is 21.8. The fraction of sp³-hybridized carbons (Fsp3) is 0.320. The summed E-state index contributed by atoms with van der Waals surface area (Å²) in [6, 6.07) is 12.2. The van der Waals surface area contributed by atoms with E-state index in [2.05, 4.69) is 35.4 Å². The second-order valence-corrected chi connectivity index (χ2v) is 8.51. The number of carbonyl (C=O) groups is 2. The van der Waals surface area contributed by atoms with Gasteiger partial charge in [-0.3, -0.25) is 9.59 Å². The van der Waals surface area contributed by atoms with Gasteiger partial charge in [0.15, 0.2) is 0 Å².